The zero-order valence-corrected chi connectivity index (χ0v) is 10.7. The molecule has 0 radical (unpaired) electrons. The van der Waals surface area contributed by atoms with Crippen molar-refractivity contribution in [3.63, 3.8) is 0 Å². The van der Waals surface area contributed by atoms with Crippen LogP contribution in [-0.4, -0.2) is 20.5 Å². The molecule has 1 aromatic rings. The molecule has 90 valence electrons. The van der Waals surface area contributed by atoms with Crippen LogP contribution < -0.4 is 0 Å². The van der Waals surface area contributed by atoms with Crippen molar-refractivity contribution in [2.45, 2.75) is 57.5 Å². The fourth-order valence-corrected chi connectivity index (χ4v) is 2.11. The molecule has 1 heterocycles. The van der Waals surface area contributed by atoms with Gasteiger partial charge >= 0.3 is 0 Å². The fourth-order valence-electron chi connectivity index (χ4n) is 2.11. The molecule has 1 aromatic heterocycles. The average molecular weight is 222 g/mol. The summed E-state index contributed by atoms with van der Waals surface area (Å²) < 4.78 is 1.88. The average Bonchev–Trinajstić information content (AvgIpc) is 2.73. The standard InChI is InChI=1S/C13H22N2O/c1-12(2,3)11-10(9-15(4)14-11)5-6-13(16)7-8-13/h9,16H,5-8H2,1-4H3. The molecule has 3 heteroatoms. The third kappa shape index (κ3) is 2.46. The van der Waals surface area contributed by atoms with Gasteiger partial charge in [-0.2, -0.15) is 5.10 Å². The minimum Gasteiger partial charge on any atom is -0.390 e. The second-order valence-electron chi connectivity index (χ2n) is 6.15. The van der Waals surface area contributed by atoms with E-state index in [9.17, 15) is 5.11 Å². The van der Waals surface area contributed by atoms with Gasteiger partial charge in [0.2, 0.25) is 0 Å². The van der Waals surface area contributed by atoms with Crippen molar-refractivity contribution >= 4 is 0 Å². The highest BCUT2D eigenvalue weighted by Gasteiger charge is 2.39. The van der Waals surface area contributed by atoms with E-state index in [1.807, 2.05) is 11.7 Å². The van der Waals surface area contributed by atoms with E-state index in [0.717, 1.165) is 25.7 Å². The van der Waals surface area contributed by atoms with Gasteiger partial charge in [0, 0.05) is 18.7 Å². The lowest BCUT2D eigenvalue weighted by atomic mass is 9.88. The summed E-state index contributed by atoms with van der Waals surface area (Å²) >= 11 is 0. The summed E-state index contributed by atoms with van der Waals surface area (Å²) in [4.78, 5) is 0. The Labute approximate surface area is 97.5 Å². The summed E-state index contributed by atoms with van der Waals surface area (Å²) in [6.45, 7) is 6.56. The van der Waals surface area contributed by atoms with E-state index in [0.29, 0.717) is 0 Å². The number of aryl methyl sites for hydroxylation is 2. The second kappa shape index (κ2) is 3.59. The monoisotopic (exact) mass is 222 g/mol. The van der Waals surface area contributed by atoms with Gasteiger partial charge in [-0.25, -0.2) is 0 Å². The molecule has 0 spiro atoms. The number of hydrogen-bond donors (Lipinski definition) is 1. The predicted molar refractivity (Wildman–Crippen MR) is 64.4 cm³/mol. The summed E-state index contributed by atoms with van der Waals surface area (Å²) in [7, 11) is 1.96. The summed E-state index contributed by atoms with van der Waals surface area (Å²) in [5.41, 5.74) is 2.18. The molecule has 2 rings (SSSR count). The van der Waals surface area contributed by atoms with Gasteiger partial charge in [0.1, 0.15) is 0 Å². The molecule has 0 amide bonds. The summed E-state index contributed by atoms with van der Waals surface area (Å²) in [6, 6.07) is 0. The van der Waals surface area contributed by atoms with Gasteiger partial charge < -0.3 is 5.11 Å². The van der Waals surface area contributed by atoms with E-state index in [2.05, 4.69) is 32.1 Å². The van der Waals surface area contributed by atoms with Crippen LogP contribution in [0.1, 0.15) is 51.3 Å². The van der Waals surface area contributed by atoms with E-state index in [1.165, 1.54) is 11.3 Å². The van der Waals surface area contributed by atoms with Crippen LogP contribution in [0, 0.1) is 0 Å². The predicted octanol–water partition coefficient (Wildman–Crippen LogP) is 2.18. The van der Waals surface area contributed by atoms with Gasteiger partial charge in [0.15, 0.2) is 0 Å². The number of aliphatic hydroxyl groups is 1. The molecule has 0 saturated heterocycles. The largest absolute Gasteiger partial charge is 0.390 e. The van der Waals surface area contributed by atoms with Crippen LogP contribution in [0.4, 0.5) is 0 Å². The molecule has 1 saturated carbocycles. The van der Waals surface area contributed by atoms with Gasteiger partial charge in [0.25, 0.3) is 0 Å². The van der Waals surface area contributed by atoms with Crippen molar-refractivity contribution in [1.29, 1.82) is 0 Å². The SMILES string of the molecule is Cn1cc(CCC2(O)CC2)c(C(C)(C)C)n1. The number of hydrogen-bond acceptors (Lipinski definition) is 2. The zero-order chi connectivity index (χ0) is 12.0. The molecule has 1 aliphatic carbocycles. The molecule has 16 heavy (non-hydrogen) atoms. The van der Waals surface area contributed by atoms with E-state index >= 15 is 0 Å². The van der Waals surface area contributed by atoms with Crippen LogP contribution in [0.25, 0.3) is 0 Å². The minimum absolute atomic E-state index is 0.0861. The molecular weight excluding hydrogens is 200 g/mol. The molecule has 0 atom stereocenters. The summed E-state index contributed by atoms with van der Waals surface area (Å²) in [5, 5.41) is 14.4. The van der Waals surface area contributed by atoms with Crippen LogP contribution >= 0.6 is 0 Å². The molecule has 0 bridgehead atoms. The molecular formula is C13H22N2O. The lowest BCUT2D eigenvalue weighted by Gasteiger charge is -2.18. The van der Waals surface area contributed by atoms with Crippen LogP contribution in [0.2, 0.25) is 0 Å². The van der Waals surface area contributed by atoms with Crippen LogP contribution in [-0.2, 0) is 18.9 Å². The first kappa shape index (κ1) is 11.6. The van der Waals surface area contributed by atoms with Crippen LogP contribution in [0.15, 0.2) is 6.20 Å². The summed E-state index contributed by atoms with van der Waals surface area (Å²) in [5.74, 6) is 0. The first-order valence-electron chi connectivity index (χ1n) is 6.06. The van der Waals surface area contributed by atoms with Gasteiger partial charge in [-0.15, -0.1) is 0 Å². The van der Waals surface area contributed by atoms with Gasteiger partial charge in [0.05, 0.1) is 11.3 Å². The third-order valence-electron chi connectivity index (χ3n) is 3.30. The van der Waals surface area contributed by atoms with Crippen molar-refractivity contribution in [2.75, 3.05) is 0 Å². The van der Waals surface area contributed by atoms with Gasteiger partial charge in [-0.1, -0.05) is 20.8 Å². The number of aromatic nitrogens is 2. The molecule has 1 N–H and O–H groups in total. The van der Waals surface area contributed by atoms with Crippen LogP contribution in [0.5, 0.6) is 0 Å². The lowest BCUT2D eigenvalue weighted by Crippen LogP contribution is -2.16. The van der Waals surface area contributed by atoms with E-state index in [4.69, 9.17) is 0 Å². The third-order valence-corrected chi connectivity index (χ3v) is 3.30. The van der Waals surface area contributed by atoms with E-state index < -0.39 is 0 Å². The van der Waals surface area contributed by atoms with Crippen LogP contribution in [0.3, 0.4) is 0 Å². The van der Waals surface area contributed by atoms with Gasteiger partial charge in [-0.3, -0.25) is 4.68 Å². The topological polar surface area (TPSA) is 38.0 Å². The lowest BCUT2D eigenvalue weighted by molar-refractivity contribution is 0.140. The highest BCUT2D eigenvalue weighted by Crippen LogP contribution is 2.39. The van der Waals surface area contributed by atoms with Crippen molar-refractivity contribution in [2.24, 2.45) is 7.05 Å². The minimum atomic E-state index is -0.356. The van der Waals surface area contributed by atoms with Crippen molar-refractivity contribution in [1.82, 2.24) is 9.78 Å². The highest BCUT2D eigenvalue weighted by atomic mass is 16.3. The maximum absolute atomic E-state index is 9.86. The molecule has 1 aliphatic rings. The first-order valence-corrected chi connectivity index (χ1v) is 6.06. The highest BCUT2D eigenvalue weighted by molar-refractivity contribution is 5.24. The van der Waals surface area contributed by atoms with Gasteiger partial charge in [-0.05, 0) is 31.2 Å². The molecule has 0 unspecified atom stereocenters. The quantitative estimate of drug-likeness (QED) is 0.851. The Morgan fingerprint density at radius 3 is 2.56 bits per heavy atom. The number of nitrogens with zero attached hydrogens (tertiary/aromatic N) is 2. The second-order valence-corrected chi connectivity index (χ2v) is 6.15. The zero-order valence-electron chi connectivity index (χ0n) is 10.7. The Kier molecular flexibility index (Phi) is 2.61. The molecule has 3 nitrogen and oxygen atoms in total. The van der Waals surface area contributed by atoms with Crippen molar-refractivity contribution in [3.05, 3.63) is 17.5 Å². The maximum atomic E-state index is 9.86. The molecule has 0 aromatic carbocycles. The Morgan fingerprint density at radius 1 is 1.44 bits per heavy atom. The first-order chi connectivity index (χ1) is 7.30. The fraction of sp³-hybridized carbons (Fsp3) is 0.769. The maximum Gasteiger partial charge on any atom is 0.0709 e. The van der Waals surface area contributed by atoms with Crippen molar-refractivity contribution < 1.29 is 5.11 Å². The molecule has 0 aliphatic heterocycles. The van der Waals surface area contributed by atoms with E-state index in [-0.39, 0.29) is 11.0 Å². The van der Waals surface area contributed by atoms with E-state index in [1.54, 1.807) is 0 Å². The Bertz CT molecular complexity index is 383. The normalized spacial score (nSPS) is 18.8. The Morgan fingerprint density at radius 2 is 2.06 bits per heavy atom. The Balaban J connectivity index is 2.13. The Hall–Kier alpha value is -0.830. The molecule has 1 fully saturated rings. The smallest absolute Gasteiger partial charge is 0.0709 e. The number of rotatable bonds is 3. The summed E-state index contributed by atoms with van der Waals surface area (Å²) in [6.07, 6.45) is 5.85. The van der Waals surface area contributed by atoms with Crippen molar-refractivity contribution in [3.8, 4) is 0 Å².